The van der Waals surface area contributed by atoms with Crippen molar-refractivity contribution in [2.75, 3.05) is 5.32 Å². The first kappa shape index (κ1) is 23.0. The maximum atomic E-state index is 3.79. The summed E-state index contributed by atoms with van der Waals surface area (Å²) in [6.07, 6.45) is 0. The van der Waals surface area contributed by atoms with Crippen molar-refractivity contribution in [3.63, 3.8) is 0 Å². The molecule has 0 aliphatic heterocycles. The van der Waals surface area contributed by atoms with Gasteiger partial charge in [0.05, 0.1) is 10.4 Å². The molecule has 0 aliphatic carbocycles. The van der Waals surface area contributed by atoms with Crippen molar-refractivity contribution < 1.29 is 0 Å². The Bertz CT molecular complexity index is 2170. The van der Waals surface area contributed by atoms with Crippen LogP contribution >= 0.6 is 11.3 Å². The minimum Gasteiger partial charge on any atom is -0.354 e. The van der Waals surface area contributed by atoms with Gasteiger partial charge in [0, 0.05) is 21.2 Å². The van der Waals surface area contributed by atoms with Crippen LogP contribution in [0.5, 0.6) is 0 Å². The first-order valence-corrected chi connectivity index (χ1v) is 14.4. The maximum Gasteiger partial charge on any atom is 0.0597 e. The molecule has 188 valence electrons. The Morgan fingerprint density at radius 3 is 1.90 bits per heavy atom. The van der Waals surface area contributed by atoms with Crippen LogP contribution < -0.4 is 5.32 Å². The second kappa shape index (κ2) is 9.37. The molecule has 0 saturated carbocycles. The lowest BCUT2D eigenvalue weighted by atomic mass is 9.98. The third-order valence-electron chi connectivity index (χ3n) is 7.84. The van der Waals surface area contributed by atoms with E-state index in [2.05, 4.69) is 151 Å². The zero-order valence-corrected chi connectivity index (χ0v) is 22.6. The zero-order chi connectivity index (χ0) is 26.5. The Morgan fingerprint density at radius 2 is 1.05 bits per heavy atom. The van der Waals surface area contributed by atoms with Gasteiger partial charge in [-0.15, -0.1) is 11.3 Å². The molecule has 0 bridgehead atoms. The second-order valence-corrected chi connectivity index (χ2v) is 11.2. The number of hydrogen-bond acceptors (Lipinski definition) is 2. The van der Waals surface area contributed by atoms with Crippen molar-refractivity contribution in [1.82, 2.24) is 0 Å². The molecule has 0 fully saturated rings. The van der Waals surface area contributed by atoms with Crippen LogP contribution in [-0.4, -0.2) is 0 Å². The van der Waals surface area contributed by atoms with E-state index in [1.54, 1.807) is 0 Å². The molecule has 0 atom stereocenters. The summed E-state index contributed by atoms with van der Waals surface area (Å²) in [6, 6.07) is 52.4. The van der Waals surface area contributed by atoms with Gasteiger partial charge in [0.25, 0.3) is 0 Å². The highest BCUT2D eigenvalue weighted by atomic mass is 32.1. The summed E-state index contributed by atoms with van der Waals surface area (Å²) in [5.41, 5.74) is 7.25. The summed E-state index contributed by atoms with van der Waals surface area (Å²) in [5, 5.41) is 11.5. The minimum absolute atomic E-state index is 1.08. The number of nitrogens with one attached hydrogen (secondary N) is 1. The molecule has 2 heteroatoms. The normalized spacial score (nSPS) is 11.5. The lowest BCUT2D eigenvalue weighted by Crippen LogP contribution is -1.91. The molecule has 1 N–H and O–H groups in total. The summed E-state index contributed by atoms with van der Waals surface area (Å²) < 4.78 is 2.62. The summed E-state index contributed by atoms with van der Waals surface area (Å²) in [7, 11) is 0. The number of anilines is 2. The highest BCUT2D eigenvalue weighted by Crippen LogP contribution is 2.46. The second-order valence-electron chi connectivity index (χ2n) is 10.2. The fourth-order valence-corrected chi connectivity index (χ4v) is 7.27. The molecule has 0 spiro atoms. The topological polar surface area (TPSA) is 12.0 Å². The van der Waals surface area contributed by atoms with Crippen LogP contribution in [0.2, 0.25) is 0 Å². The highest BCUT2D eigenvalue weighted by molar-refractivity contribution is 7.27. The molecule has 0 saturated heterocycles. The van der Waals surface area contributed by atoms with E-state index >= 15 is 0 Å². The number of thiophene rings is 1. The van der Waals surface area contributed by atoms with Crippen LogP contribution in [0.3, 0.4) is 0 Å². The molecule has 1 aromatic heterocycles. The Kier molecular flexibility index (Phi) is 5.39. The predicted molar refractivity (Wildman–Crippen MR) is 175 cm³/mol. The molecule has 1 heterocycles. The van der Waals surface area contributed by atoms with Crippen molar-refractivity contribution in [2.24, 2.45) is 0 Å². The fourth-order valence-electron chi connectivity index (χ4n) is 5.95. The first-order chi connectivity index (χ1) is 19.8. The highest BCUT2D eigenvalue weighted by Gasteiger charge is 2.16. The van der Waals surface area contributed by atoms with E-state index in [4.69, 9.17) is 0 Å². The maximum absolute atomic E-state index is 3.79. The third-order valence-corrected chi connectivity index (χ3v) is 9.11. The average molecular weight is 528 g/mol. The zero-order valence-electron chi connectivity index (χ0n) is 21.8. The molecule has 0 unspecified atom stereocenters. The van der Waals surface area contributed by atoms with Crippen molar-refractivity contribution >= 4 is 64.4 Å². The molecular weight excluding hydrogens is 502 g/mol. The van der Waals surface area contributed by atoms with Gasteiger partial charge in [-0.05, 0) is 62.0 Å². The van der Waals surface area contributed by atoms with Crippen LogP contribution in [0.1, 0.15) is 0 Å². The molecule has 0 amide bonds. The Morgan fingerprint density at radius 1 is 0.425 bits per heavy atom. The van der Waals surface area contributed by atoms with Gasteiger partial charge in [-0.2, -0.15) is 0 Å². The van der Waals surface area contributed by atoms with Gasteiger partial charge >= 0.3 is 0 Å². The van der Waals surface area contributed by atoms with Crippen LogP contribution in [0.15, 0.2) is 146 Å². The lowest BCUT2D eigenvalue weighted by Gasteiger charge is -2.12. The van der Waals surface area contributed by atoms with Gasteiger partial charge in [0.15, 0.2) is 0 Å². The summed E-state index contributed by atoms with van der Waals surface area (Å²) >= 11 is 1.88. The van der Waals surface area contributed by atoms with Crippen LogP contribution in [0, 0.1) is 0 Å². The number of rotatable bonds is 4. The first-order valence-electron chi connectivity index (χ1n) is 13.6. The standard InChI is InChI=1S/C38H25NS/c1-2-10-26(11-3-1)33-18-9-19-34-36-32-16-7-5-13-28(32)24-35(38(36)40-37(33)34)39-29-22-20-27(21-23-29)31-17-8-14-25-12-4-6-15-30(25)31/h1-24,39H. The SMILES string of the molecule is c1ccc(-c2cccc3c2sc2c(Nc4ccc(-c5cccc6ccccc56)cc4)cc4ccccc4c23)cc1. The summed E-state index contributed by atoms with van der Waals surface area (Å²) in [4.78, 5) is 0. The van der Waals surface area contributed by atoms with Crippen LogP contribution in [0.4, 0.5) is 11.4 Å². The van der Waals surface area contributed by atoms with E-state index in [1.165, 1.54) is 64.0 Å². The van der Waals surface area contributed by atoms with Crippen LogP contribution in [-0.2, 0) is 0 Å². The van der Waals surface area contributed by atoms with E-state index in [9.17, 15) is 0 Å². The average Bonchev–Trinajstić information content (AvgIpc) is 3.42. The van der Waals surface area contributed by atoms with E-state index in [1.807, 2.05) is 11.3 Å². The van der Waals surface area contributed by atoms with Crippen molar-refractivity contribution in [1.29, 1.82) is 0 Å². The van der Waals surface area contributed by atoms with E-state index in [-0.39, 0.29) is 0 Å². The number of fused-ring (bicyclic) bond motifs is 6. The molecule has 1 nitrogen and oxygen atoms in total. The van der Waals surface area contributed by atoms with Gasteiger partial charge in [-0.1, -0.05) is 127 Å². The molecular formula is C38H25NS. The molecule has 7 aromatic carbocycles. The van der Waals surface area contributed by atoms with Crippen molar-refractivity contribution in [3.05, 3.63) is 146 Å². The molecule has 8 rings (SSSR count). The molecule has 0 radical (unpaired) electrons. The molecule has 8 aromatic rings. The Labute approximate surface area is 237 Å². The van der Waals surface area contributed by atoms with E-state index in [0.717, 1.165) is 11.4 Å². The molecule has 0 aliphatic rings. The van der Waals surface area contributed by atoms with Gasteiger partial charge in [-0.25, -0.2) is 0 Å². The Hall–Kier alpha value is -4.92. The van der Waals surface area contributed by atoms with Gasteiger partial charge in [-0.3, -0.25) is 0 Å². The van der Waals surface area contributed by atoms with Gasteiger partial charge in [0.1, 0.15) is 0 Å². The minimum atomic E-state index is 1.08. The predicted octanol–water partition coefficient (Wildman–Crippen LogP) is 11.4. The summed E-state index contributed by atoms with van der Waals surface area (Å²) in [6.45, 7) is 0. The van der Waals surface area contributed by atoms with Crippen molar-refractivity contribution in [2.45, 2.75) is 0 Å². The van der Waals surface area contributed by atoms with Gasteiger partial charge in [0.2, 0.25) is 0 Å². The quantitative estimate of drug-likeness (QED) is 0.240. The molecule has 40 heavy (non-hydrogen) atoms. The Balaban J connectivity index is 1.27. The van der Waals surface area contributed by atoms with Crippen molar-refractivity contribution in [3.8, 4) is 22.3 Å². The third kappa shape index (κ3) is 3.77. The lowest BCUT2D eigenvalue weighted by molar-refractivity contribution is 1.58. The van der Waals surface area contributed by atoms with Crippen LogP contribution in [0.25, 0.3) is 64.0 Å². The number of benzene rings is 7. The largest absolute Gasteiger partial charge is 0.354 e. The number of hydrogen-bond donors (Lipinski definition) is 1. The smallest absolute Gasteiger partial charge is 0.0597 e. The van der Waals surface area contributed by atoms with Gasteiger partial charge < -0.3 is 5.32 Å². The van der Waals surface area contributed by atoms with E-state index in [0.29, 0.717) is 0 Å². The summed E-state index contributed by atoms with van der Waals surface area (Å²) in [5.74, 6) is 0. The fraction of sp³-hybridized carbons (Fsp3) is 0. The monoisotopic (exact) mass is 527 g/mol. The van der Waals surface area contributed by atoms with E-state index < -0.39 is 0 Å².